The average molecular weight is 326 g/mol. The van der Waals surface area contributed by atoms with E-state index in [2.05, 4.69) is 15.9 Å². The Balaban J connectivity index is 2.37. The molecular weight excluding hydrogens is 314 g/mol. The molecule has 2 aromatic rings. The van der Waals surface area contributed by atoms with Gasteiger partial charge in [0.05, 0.1) is 10.6 Å². The molecular formula is C13H12BrNO2S. The third-order valence-corrected chi connectivity index (χ3v) is 4.96. The molecule has 5 heteroatoms. The zero-order valence-corrected chi connectivity index (χ0v) is 11.9. The van der Waals surface area contributed by atoms with Gasteiger partial charge in [-0.3, -0.25) is 0 Å². The van der Waals surface area contributed by atoms with Gasteiger partial charge in [0.1, 0.15) is 0 Å². The second kappa shape index (κ2) is 5.12. The Bertz CT molecular complexity index is 668. The molecule has 0 aliphatic rings. The Kier molecular flexibility index (Phi) is 3.73. The molecule has 2 N–H and O–H groups in total. The monoisotopic (exact) mass is 325 g/mol. The molecule has 0 amide bonds. The van der Waals surface area contributed by atoms with Gasteiger partial charge in [0.2, 0.25) is 0 Å². The molecule has 0 radical (unpaired) electrons. The molecule has 0 fully saturated rings. The molecule has 0 atom stereocenters. The molecule has 0 saturated carbocycles. The van der Waals surface area contributed by atoms with Gasteiger partial charge < -0.3 is 5.73 Å². The van der Waals surface area contributed by atoms with E-state index in [1.54, 1.807) is 24.3 Å². The Hall–Kier alpha value is -1.33. The number of nitrogen functional groups attached to an aromatic ring is 1. The minimum absolute atomic E-state index is 0.0438. The summed E-state index contributed by atoms with van der Waals surface area (Å²) in [6.45, 7) is 0. The third-order valence-electron chi connectivity index (χ3n) is 2.52. The van der Waals surface area contributed by atoms with E-state index in [-0.39, 0.29) is 10.6 Å². The SMILES string of the molecule is Nc1cccc(S(=O)(=O)Cc2ccccc2Br)c1. The molecule has 0 aliphatic heterocycles. The first kappa shape index (κ1) is 13.1. The van der Waals surface area contributed by atoms with Crippen molar-refractivity contribution >= 4 is 31.5 Å². The maximum absolute atomic E-state index is 12.2. The van der Waals surface area contributed by atoms with Crippen molar-refractivity contribution in [3.8, 4) is 0 Å². The minimum atomic E-state index is -3.37. The van der Waals surface area contributed by atoms with Crippen LogP contribution in [0.2, 0.25) is 0 Å². The van der Waals surface area contributed by atoms with Crippen molar-refractivity contribution in [1.82, 2.24) is 0 Å². The van der Waals surface area contributed by atoms with Crippen LogP contribution in [0.25, 0.3) is 0 Å². The lowest BCUT2D eigenvalue weighted by Gasteiger charge is -2.07. The molecule has 0 bridgehead atoms. The first-order valence-corrected chi connectivity index (χ1v) is 7.75. The normalized spacial score (nSPS) is 11.4. The number of benzene rings is 2. The van der Waals surface area contributed by atoms with E-state index in [1.807, 2.05) is 18.2 Å². The van der Waals surface area contributed by atoms with Crippen LogP contribution in [0.4, 0.5) is 5.69 Å². The molecule has 0 heterocycles. The van der Waals surface area contributed by atoms with Crippen molar-refractivity contribution in [3.05, 3.63) is 58.6 Å². The summed E-state index contributed by atoms with van der Waals surface area (Å²) in [6.07, 6.45) is 0. The van der Waals surface area contributed by atoms with Crippen LogP contribution in [0.15, 0.2) is 57.9 Å². The van der Waals surface area contributed by atoms with Crippen LogP contribution in [0.3, 0.4) is 0 Å². The molecule has 18 heavy (non-hydrogen) atoms. The second-order valence-electron chi connectivity index (χ2n) is 3.92. The van der Waals surface area contributed by atoms with Crippen LogP contribution in [-0.4, -0.2) is 8.42 Å². The summed E-state index contributed by atoms with van der Waals surface area (Å²) in [5.41, 5.74) is 6.79. The van der Waals surface area contributed by atoms with E-state index in [1.165, 1.54) is 6.07 Å². The number of hydrogen-bond acceptors (Lipinski definition) is 3. The summed E-state index contributed by atoms with van der Waals surface area (Å²) in [7, 11) is -3.37. The Labute approximate surface area is 115 Å². The largest absolute Gasteiger partial charge is 0.399 e. The summed E-state index contributed by atoms with van der Waals surface area (Å²) < 4.78 is 25.2. The van der Waals surface area contributed by atoms with Crippen LogP contribution >= 0.6 is 15.9 Å². The van der Waals surface area contributed by atoms with Crippen molar-refractivity contribution < 1.29 is 8.42 Å². The van der Waals surface area contributed by atoms with Gasteiger partial charge in [-0.2, -0.15) is 0 Å². The van der Waals surface area contributed by atoms with E-state index < -0.39 is 9.84 Å². The van der Waals surface area contributed by atoms with E-state index >= 15 is 0 Å². The quantitative estimate of drug-likeness (QED) is 0.882. The molecule has 0 aromatic heterocycles. The topological polar surface area (TPSA) is 60.2 Å². The highest BCUT2D eigenvalue weighted by Gasteiger charge is 2.16. The summed E-state index contributed by atoms with van der Waals surface area (Å²) in [6, 6.07) is 13.6. The first-order chi connectivity index (χ1) is 8.49. The van der Waals surface area contributed by atoms with Gasteiger partial charge in [-0.05, 0) is 29.8 Å². The first-order valence-electron chi connectivity index (χ1n) is 5.31. The van der Waals surface area contributed by atoms with Crippen molar-refractivity contribution in [2.45, 2.75) is 10.6 Å². The fourth-order valence-electron chi connectivity index (χ4n) is 1.61. The molecule has 0 aliphatic carbocycles. The molecule has 0 spiro atoms. The number of halogens is 1. The fraction of sp³-hybridized carbons (Fsp3) is 0.0769. The number of hydrogen-bond donors (Lipinski definition) is 1. The zero-order valence-electron chi connectivity index (χ0n) is 9.51. The third kappa shape index (κ3) is 2.91. The van der Waals surface area contributed by atoms with Crippen LogP contribution in [-0.2, 0) is 15.6 Å². The van der Waals surface area contributed by atoms with Gasteiger partial charge in [0.25, 0.3) is 0 Å². The molecule has 2 aromatic carbocycles. The second-order valence-corrected chi connectivity index (χ2v) is 6.77. The lowest BCUT2D eigenvalue weighted by Crippen LogP contribution is -2.06. The van der Waals surface area contributed by atoms with Gasteiger partial charge in [0.15, 0.2) is 9.84 Å². The van der Waals surface area contributed by atoms with Crippen LogP contribution in [0.5, 0.6) is 0 Å². The van der Waals surface area contributed by atoms with Gasteiger partial charge in [-0.25, -0.2) is 8.42 Å². The smallest absolute Gasteiger partial charge is 0.182 e. The van der Waals surface area contributed by atoms with Gasteiger partial charge >= 0.3 is 0 Å². The number of nitrogens with two attached hydrogens (primary N) is 1. The van der Waals surface area contributed by atoms with Crippen LogP contribution in [0.1, 0.15) is 5.56 Å². The summed E-state index contributed by atoms with van der Waals surface area (Å²) in [4.78, 5) is 0.248. The standard InChI is InChI=1S/C13H12BrNO2S/c14-13-7-2-1-4-10(13)9-18(16,17)12-6-3-5-11(15)8-12/h1-8H,9,15H2. The van der Waals surface area contributed by atoms with Crippen LogP contribution < -0.4 is 5.73 Å². The van der Waals surface area contributed by atoms with E-state index in [4.69, 9.17) is 5.73 Å². The predicted octanol–water partition coefficient (Wildman–Crippen LogP) is 3.01. The molecule has 94 valence electrons. The molecule has 0 unspecified atom stereocenters. The number of anilines is 1. The molecule has 0 saturated heterocycles. The number of sulfone groups is 1. The summed E-state index contributed by atoms with van der Waals surface area (Å²) >= 11 is 3.35. The lowest BCUT2D eigenvalue weighted by atomic mass is 10.2. The fourth-order valence-corrected chi connectivity index (χ4v) is 3.65. The van der Waals surface area contributed by atoms with Crippen LogP contribution in [0, 0.1) is 0 Å². The highest BCUT2D eigenvalue weighted by molar-refractivity contribution is 9.10. The minimum Gasteiger partial charge on any atom is -0.399 e. The zero-order chi connectivity index (χ0) is 13.2. The van der Waals surface area contributed by atoms with Gasteiger partial charge in [0, 0.05) is 10.2 Å². The summed E-state index contributed by atoms with van der Waals surface area (Å²) in [5, 5.41) is 0. The van der Waals surface area contributed by atoms with Gasteiger partial charge in [-0.15, -0.1) is 0 Å². The van der Waals surface area contributed by atoms with Crippen molar-refractivity contribution in [1.29, 1.82) is 0 Å². The van der Waals surface area contributed by atoms with E-state index in [9.17, 15) is 8.42 Å². The highest BCUT2D eigenvalue weighted by atomic mass is 79.9. The average Bonchev–Trinajstić information content (AvgIpc) is 2.32. The Morgan fingerprint density at radius 2 is 1.78 bits per heavy atom. The van der Waals surface area contributed by atoms with Crippen molar-refractivity contribution in [2.24, 2.45) is 0 Å². The van der Waals surface area contributed by atoms with Crippen molar-refractivity contribution in [3.63, 3.8) is 0 Å². The lowest BCUT2D eigenvalue weighted by molar-refractivity contribution is 0.595. The van der Waals surface area contributed by atoms with E-state index in [0.29, 0.717) is 5.69 Å². The van der Waals surface area contributed by atoms with Crippen molar-refractivity contribution in [2.75, 3.05) is 5.73 Å². The van der Waals surface area contributed by atoms with Gasteiger partial charge in [-0.1, -0.05) is 40.2 Å². The predicted molar refractivity (Wildman–Crippen MR) is 75.9 cm³/mol. The maximum Gasteiger partial charge on any atom is 0.182 e. The van der Waals surface area contributed by atoms with E-state index in [0.717, 1.165) is 10.0 Å². The number of rotatable bonds is 3. The molecule has 2 rings (SSSR count). The Morgan fingerprint density at radius 3 is 2.44 bits per heavy atom. The highest BCUT2D eigenvalue weighted by Crippen LogP contribution is 2.23. The maximum atomic E-state index is 12.2. The summed E-state index contributed by atoms with van der Waals surface area (Å²) in [5.74, 6) is -0.0438. The Morgan fingerprint density at radius 1 is 1.06 bits per heavy atom. The molecule has 3 nitrogen and oxygen atoms in total.